The summed E-state index contributed by atoms with van der Waals surface area (Å²) in [6.45, 7) is 0.424. The van der Waals surface area contributed by atoms with Gasteiger partial charge in [0.15, 0.2) is 5.82 Å². The van der Waals surface area contributed by atoms with Crippen molar-refractivity contribution in [3.8, 4) is 0 Å². The molecule has 0 spiro atoms. The van der Waals surface area contributed by atoms with Crippen molar-refractivity contribution in [2.45, 2.75) is 6.54 Å². The fraction of sp³-hybridized carbons (Fsp3) is 0.182. The Kier molecular flexibility index (Phi) is 3.13. The lowest BCUT2D eigenvalue weighted by molar-refractivity contribution is 0.100. The molecule has 7 nitrogen and oxygen atoms in total. The number of aryl methyl sites for hydroxylation is 1. The zero-order chi connectivity index (χ0) is 13.1. The van der Waals surface area contributed by atoms with Crippen LogP contribution in [-0.4, -0.2) is 20.7 Å². The average molecular weight is 246 g/mol. The van der Waals surface area contributed by atoms with Gasteiger partial charge in [-0.05, 0) is 18.2 Å². The first-order valence-corrected chi connectivity index (χ1v) is 5.34. The number of primary amides is 1. The third-order valence-corrected chi connectivity index (χ3v) is 2.42. The highest BCUT2D eigenvalue weighted by atomic mass is 16.1. The Morgan fingerprint density at radius 2 is 2.28 bits per heavy atom. The topological polar surface area (TPSA) is 112 Å². The van der Waals surface area contributed by atoms with Crippen LogP contribution < -0.4 is 16.8 Å². The Labute approximate surface area is 104 Å². The number of amides is 1. The smallest absolute Gasteiger partial charge is 0.248 e. The van der Waals surface area contributed by atoms with Crippen molar-refractivity contribution in [3.63, 3.8) is 0 Å². The highest BCUT2D eigenvalue weighted by molar-refractivity contribution is 5.94. The number of nitrogens with one attached hydrogen (secondary N) is 1. The molecule has 0 saturated carbocycles. The van der Waals surface area contributed by atoms with Gasteiger partial charge in [0.05, 0.1) is 17.9 Å². The predicted molar refractivity (Wildman–Crippen MR) is 67.7 cm³/mol. The lowest BCUT2D eigenvalue weighted by Gasteiger charge is -2.08. The Morgan fingerprint density at radius 1 is 1.50 bits per heavy atom. The van der Waals surface area contributed by atoms with Crippen molar-refractivity contribution < 1.29 is 4.79 Å². The van der Waals surface area contributed by atoms with E-state index in [1.807, 2.05) is 0 Å². The first-order chi connectivity index (χ1) is 8.56. The number of nitrogen functional groups attached to an aromatic ring is 1. The third-order valence-electron chi connectivity index (χ3n) is 2.42. The monoisotopic (exact) mass is 246 g/mol. The van der Waals surface area contributed by atoms with E-state index in [1.165, 1.54) is 0 Å². The van der Waals surface area contributed by atoms with E-state index >= 15 is 0 Å². The van der Waals surface area contributed by atoms with Gasteiger partial charge >= 0.3 is 0 Å². The molecule has 0 fully saturated rings. The molecule has 0 saturated heterocycles. The van der Waals surface area contributed by atoms with Crippen LogP contribution in [-0.2, 0) is 13.6 Å². The molecule has 0 aliphatic carbocycles. The Balaban J connectivity index is 2.13. The minimum Gasteiger partial charge on any atom is -0.397 e. The van der Waals surface area contributed by atoms with Crippen molar-refractivity contribution in [2.75, 3.05) is 11.1 Å². The van der Waals surface area contributed by atoms with Gasteiger partial charge in [0, 0.05) is 12.6 Å². The summed E-state index contributed by atoms with van der Waals surface area (Å²) in [6, 6.07) is 4.83. The van der Waals surface area contributed by atoms with Crippen LogP contribution in [0.4, 0.5) is 11.4 Å². The number of anilines is 2. The molecule has 0 radical (unpaired) electrons. The largest absolute Gasteiger partial charge is 0.397 e. The molecule has 7 heteroatoms. The van der Waals surface area contributed by atoms with Crippen molar-refractivity contribution in [1.29, 1.82) is 0 Å². The number of carbonyl (C=O) groups is 1. The summed E-state index contributed by atoms with van der Waals surface area (Å²) in [5, 5.41) is 7.19. The number of hydrogen-bond acceptors (Lipinski definition) is 5. The molecule has 0 aliphatic heterocycles. The molecular weight excluding hydrogens is 232 g/mol. The molecule has 0 bridgehead atoms. The summed E-state index contributed by atoms with van der Waals surface area (Å²) >= 11 is 0. The molecule has 1 aromatic heterocycles. The number of hydrogen-bond donors (Lipinski definition) is 3. The zero-order valence-corrected chi connectivity index (χ0v) is 9.92. The summed E-state index contributed by atoms with van der Waals surface area (Å²) in [5.74, 6) is 0.149. The molecule has 0 aliphatic rings. The van der Waals surface area contributed by atoms with Gasteiger partial charge in [0.2, 0.25) is 5.91 Å². The van der Waals surface area contributed by atoms with Crippen LogP contribution in [0.3, 0.4) is 0 Å². The molecule has 1 heterocycles. The van der Waals surface area contributed by atoms with E-state index in [4.69, 9.17) is 11.5 Å². The first-order valence-electron chi connectivity index (χ1n) is 5.34. The van der Waals surface area contributed by atoms with Crippen LogP contribution in [0.2, 0.25) is 0 Å². The van der Waals surface area contributed by atoms with E-state index < -0.39 is 5.91 Å². The third kappa shape index (κ3) is 2.57. The van der Waals surface area contributed by atoms with E-state index in [9.17, 15) is 4.79 Å². The van der Waals surface area contributed by atoms with Gasteiger partial charge in [0.1, 0.15) is 6.33 Å². The molecular formula is C11H14N6O. The van der Waals surface area contributed by atoms with E-state index in [1.54, 1.807) is 36.3 Å². The molecule has 5 N–H and O–H groups in total. The fourth-order valence-corrected chi connectivity index (χ4v) is 1.50. The van der Waals surface area contributed by atoms with Crippen molar-refractivity contribution >= 4 is 17.3 Å². The fourth-order valence-electron chi connectivity index (χ4n) is 1.50. The first kappa shape index (κ1) is 11.9. The highest BCUT2D eigenvalue weighted by Gasteiger charge is 2.06. The normalized spacial score (nSPS) is 10.3. The maximum absolute atomic E-state index is 11.1. The molecule has 94 valence electrons. The molecule has 1 aromatic carbocycles. The van der Waals surface area contributed by atoms with Crippen LogP contribution in [0.15, 0.2) is 24.5 Å². The number of rotatable bonds is 4. The summed E-state index contributed by atoms with van der Waals surface area (Å²) in [7, 11) is 1.79. The van der Waals surface area contributed by atoms with Gasteiger partial charge in [0.25, 0.3) is 0 Å². The van der Waals surface area contributed by atoms with E-state index in [-0.39, 0.29) is 0 Å². The second kappa shape index (κ2) is 4.74. The standard InChI is InChI=1S/C11H14N6O/c1-17-6-15-10(16-17)5-14-9-4-7(11(13)18)2-3-8(9)12/h2-4,6,14H,5,12H2,1H3,(H2,13,18). The maximum atomic E-state index is 11.1. The van der Waals surface area contributed by atoms with Crippen LogP contribution in [0, 0.1) is 0 Å². The zero-order valence-electron chi connectivity index (χ0n) is 9.92. The number of nitrogens with zero attached hydrogens (tertiary/aromatic N) is 3. The second-order valence-electron chi connectivity index (χ2n) is 3.85. The quantitative estimate of drug-likeness (QED) is 0.663. The van der Waals surface area contributed by atoms with Gasteiger partial charge in [-0.2, -0.15) is 5.10 Å². The Morgan fingerprint density at radius 3 is 2.89 bits per heavy atom. The van der Waals surface area contributed by atoms with Gasteiger partial charge in [-0.15, -0.1) is 0 Å². The number of benzene rings is 1. The van der Waals surface area contributed by atoms with Gasteiger partial charge in [-0.1, -0.05) is 0 Å². The maximum Gasteiger partial charge on any atom is 0.248 e. The van der Waals surface area contributed by atoms with Gasteiger partial charge in [-0.25, -0.2) is 4.98 Å². The van der Waals surface area contributed by atoms with Crippen LogP contribution >= 0.6 is 0 Å². The molecule has 2 aromatic rings. The van der Waals surface area contributed by atoms with Crippen LogP contribution in [0.1, 0.15) is 16.2 Å². The van der Waals surface area contributed by atoms with Gasteiger partial charge in [-0.3, -0.25) is 9.48 Å². The summed E-state index contributed by atoms with van der Waals surface area (Å²) in [4.78, 5) is 15.1. The lowest BCUT2D eigenvalue weighted by atomic mass is 10.1. The van der Waals surface area contributed by atoms with Crippen LogP contribution in [0.25, 0.3) is 0 Å². The SMILES string of the molecule is Cn1cnc(CNc2cc(C(N)=O)ccc2N)n1. The Hall–Kier alpha value is -2.57. The Bertz CT molecular complexity index is 577. The summed E-state index contributed by atoms with van der Waals surface area (Å²) < 4.78 is 1.61. The average Bonchev–Trinajstić information content (AvgIpc) is 2.74. The van der Waals surface area contributed by atoms with E-state index in [0.29, 0.717) is 29.3 Å². The predicted octanol–water partition coefficient (Wildman–Crippen LogP) is 0.108. The number of aromatic nitrogens is 3. The van der Waals surface area contributed by atoms with E-state index in [2.05, 4.69) is 15.4 Å². The summed E-state index contributed by atoms with van der Waals surface area (Å²) in [5.41, 5.74) is 12.6. The molecule has 2 rings (SSSR count). The molecule has 18 heavy (non-hydrogen) atoms. The second-order valence-corrected chi connectivity index (χ2v) is 3.85. The lowest BCUT2D eigenvalue weighted by Crippen LogP contribution is -2.12. The molecule has 0 atom stereocenters. The highest BCUT2D eigenvalue weighted by Crippen LogP contribution is 2.20. The van der Waals surface area contributed by atoms with E-state index in [0.717, 1.165) is 0 Å². The van der Waals surface area contributed by atoms with Crippen molar-refractivity contribution in [2.24, 2.45) is 12.8 Å². The van der Waals surface area contributed by atoms with Gasteiger partial charge < -0.3 is 16.8 Å². The molecule has 0 unspecified atom stereocenters. The minimum absolute atomic E-state index is 0.403. The van der Waals surface area contributed by atoms with Crippen LogP contribution in [0.5, 0.6) is 0 Å². The van der Waals surface area contributed by atoms with Crippen molar-refractivity contribution in [3.05, 3.63) is 35.9 Å². The number of carbonyl (C=O) groups excluding carboxylic acids is 1. The summed E-state index contributed by atoms with van der Waals surface area (Å²) in [6.07, 6.45) is 1.61. The van der Waals surface area contributed by atoms with Crippen molar-refractivity contribution in [1.82, 2.24) is 14.8 Å². The number of nitrogens with two attached hydrogens (primary N) is 2. The minimum atomic E-state index is -0.492. The molecule has 1 amide bonds.